The average Bonchev–Trinajstić information content (AvgIpc) is 3.96. The number of ether oxygens (including phenoxy) is 1. The van der Waals surface area contributed by atoms with Crippen LogP contribution in [0.15, 0.2) is 73.1 Å². The molecule has 5 heterocycles. The van der Waals surface area contributed by atoms with Crippen molar-refractivity contribution in [2.24, 2.45) is 11.8 Å². The van der Waals surface area contributed by atoms with E-state index in [0.717, 1.165) is 28.7 Å². The molecule has 54 heavy (non-hydrogen) atoms. The molecule has 0 spiro atoms. The summed E-state index contributed by atoms with van der Waals surface area (Å²) in [6, 6.07) is 11.2. The molecule has 2 fully saturated rings. The number of rotatable bonds is 13. The van der Waals surface area contributed by atoms with Gasteiger partial charge in [-0.25, -0.2) is 22.9 Å². The van der Waals surface area contributed by atoms with Gasteiger partial charge in [-0.15, -0.1) is 5.10 Å². The zero-order chi connectivity index (χ0) is 37.8. The quantitative estimate of drug-likeness (QED) is 0.196. The zero-order valence-electron chi connectivity index (χ0n) is 29.8. The Hall–Kier alpha value is -5.35. The van der Waals surface area contributed by atoms with E-state index in [9.17, 15) is 18.8 Å². The second-order valence-corrected chi connectivity index (χ2v) is 14.1. The van der Waals surface area contributed by atoms with E-state index in [2.05, 4.69) is 20.9 Å². The molecule has 0 saturated carbocycles. The first kappa shape index (κ1) is 37.0. The van der Waals surface area contributed by atoms with E-state index in [1.165, 1.54) is 16.8 Å². The average molecular weight is 746 g/mol. The summed E-state index contributed by atoms with van der Waals surface area (Å²) in [6.07, 6.45) is 5.68. The van der Waals surface area contributed by atoms with Crippen molar-refractivity contribution in [2.45, 2.75) is 57.7 Å². The summed E-state index contributed by atoms with van der Waals surface area (Å²) in [4.78, 5) is 46.3. The number of amides is 4. The summed E-state index contributed by atoms with van der Waals surface area (Å²) in [5.41, 5.74) is 1.54. The smallest absolute Gasteiger partial charge is 0.318 e. The van der Waals surface area contributed by atoms with Gasteiger partial charge in [-0.05, 0) is 49.4 Å². The van der Waals surface area contributed by atoms with Crippen LogP contribution in [0.25, 0.3) is 11.3 Å². The fourth-order valence-electron chi connectivity index (χ4n) is 7.36. The van der Waals surface area contributed by atoms with Crippen LogP contribution in [0.5, 0.6) is 0 Å². The molecule has 4 atom stereocenters. The monoisotopic (exact) mass is 745 g/mol. The molecule has 16 heteroatoms. The number of imidazole rings is 1. The van der Waals surface area contributed by atoms with E-state index in [1.807, 2.05) is 34.9 Å². The van der Waals surface area contributed by atoms with Gasteiger partial charge in [-0.1, -0.05) is 35.5 Å². The second kappa shape index (κ2) is 16.3. The number of halogens is 3. The lowest BCUT2D eigenvalue weighted by Crippen LogP contribution is -2.51. The van der Waals surface area contributed by atoms with Crippen molar-refractivity contribution in [2.75, 3.05) is 32.8 Å². The maximum absolute atomic E-state index is 15.3. The molecule has 0 unspecified atom stereocenters. The summed E-state index contributed by atoms with van der Waals surface area (Å²) < 4.78 is 54.2. The summed E-state index contributed by atoms with van der Waals surface area (Å²) in [5.74, 6) is -2.30. The largest absolute Gasteiger partial charge is 0.381 e. The Kier molecular flexibility index (Phi) is 11.2. The van der Waals surface area contributed by atoms with Crippen molar-refractivity contribution in [1.29, 1.82) is 0 Å². The lowest BCUT2D eigenvalue weighted by molar-refractivity contribution is -0.137. The first-order valence-electron chi connectivity index (χ1n) is 18.1. The fraction of sp³-hybridized carbons (Fsp3) is 0.421. The number of hydrogen-bond acceptors (Lipinski definition) is 8. The highest BCUT2D eigenvalue weighted by Crippen LogP contribution is 2.38. The molecule has 7 rings (SSSR count). The number of aromatic nitrogens is 5. The number of carbonyl (C=O) groups excluding carboxylic acids is 3. The molecule has 284 valence electrons. The topological polar surface area (TPSA) is 140 Å². The van der Waals surface area contributed by atoms with E-state index >= 15 is 8.78 Å². The summed E-state index contributed by atoms with van der Waals surface area (Å²) >= 11 is 0. The lowest BCUT2D eigenvalue weighted by Gasteiger charge is -2.40. The third kappa shape index (κ3) is 8.39. The van der Waals surface area contributed by atoms with Crippen molar-refractivity contribution in [3.63, 3.8) is 0 Å². The second-order valence-electron chi connectivity index (χ2n) is 14.1. The van der Waals surface area contributed by atoms with Gasteiger partial charge in [-0.2, -0.15) is 0 Å². The number of nitrogens with zero attached hydrogens (tertiary/aromatic N) is 7. The van der Waals surface area contributed by atoms with Crippen LogP contribution in [0, 0.1) is 23.5 Å². The number of imide groups is 1. The van der Waals surface area contributed by atoms with Crippen LogP contribution in [0.2, 0.25) is 0 Å². The van der Waals surface area contributed by atoms with Crippen molar-refractivity contribution in [3.8, 4) is 11.3 Å². The Morgan fingerprint density at radius 2 is 1.80 bits per heavy atom. The molecule has 2 saturated heterocycles. The van der Waals surface area contributed by atoms with Gasteiger partial charge in [0.1, 0.15) is 29.3 Å². The van der Waals surface area contributed by atoms with E-state index in [-0.39, 0.29) is 43.4 Å². The molecule has 0 radical (unpaired) electrons. The van der Waals surface area contributed by atoms with Gasteiger partial charge in [0.25, 0.3) is 11.8 Å². The van der Waals surface area contributed by atoms with Crippen LogP contribution < -0.4 is 10.6 Å². The number of urea groups is 1. The Bertz CT molecular complexity index is 1980. The van der Waals surface area contributed by atoms with Gasteiger partial charge >= 0.3 is 6.03 Å². The van der Waals surface area contributed by atoms with Crippen LogP contribution in [0.3, 0.4) is 0 Å². The zero-order valence-corrected chi connectivity index (χ0v) is 29.8. The fourth-order valence-corrected chi connectivity index (χ4v) is 7.36. The Balaban J connectivity index is 1.22. The van der Waals surface area contributed by atoms with Crippen LogP contribution in [-0.2, 0) is 34.0 Å². The molecular formula is C38H42F3N9O4. The minimum absolute atomic E-state index is 0.0100. The van der Waals surface area contributed by atoms with Crippen LogP contribution >= 0.6 is 0 Å². The van der Waals surface area contributed by atoms with E-state index < -0.39 is 53.7 Å². The molecule has 2 aromatic heterocycles. The first-order valence-corrected chi connectivity index (χ1v) is 18.1. The van der Waals surface area contributed by atoms with Crippen molar-refractivity contribution in [1.82, 2.24) is 45.0 Å². The van der Waals surface area contributed by atoms with Gasteiger partial charge in [0.05, 0.1) is 31.0 Å². The number of benzene rings is 2. The maximum Gasteiger partial charge on any atom is 0.318 e. The summed E-state index contributed by atoms with van der Waals surface area (Å²) in [5, 5.41) is 14.4. The molecule has 3 aliphatic rings. The third-order valence-electron chi connectivity index (χ3n) is 10.1. The maximum atomic E-state index is 15.3. The minimum atomic E-state index is -1.19. The lowest BCUT2D eigenvalue weighted by atomic mass is 9.89. The molecule has 2 aromatic carbocycles. The number of nitrogens with one attached hydrogen (secondary N) is 2. The molecule has 0 bridgehead atoms. The van der Waals surface area contributed by atoms with Crippen molar-refractivity contribution in [3.05, 3.63) is 102 Å². The molecule has 2 N–H and O–H groups in total. The molecule has 13 nitrogen and oxygen atoms in total. The van der Waals surface area contributed by atoms with Gasteiger partial charge in [0.2, 0.25) is 0 Å². The SMILES string of the molecule is C[C@@H](Cn1cc(CN2C(=O)C=CC2=O)nn1)NC(=O)N(C[C@@H]1CNC[C@@H]1F)[C@@H](c1nc(-c2cc(F)ccc2F)cn1Cc1ccccc1)C1CCOCC1. The van der Waals surface area contributed by atoms with Gasteiger partial charge < -0.3 is 24.8 Å². The molecule has 3 aliphatic heterocycles. The van der Waals surface area contributed by atoms with Crippen molar-refractivity contribution >= 4 is 17.8 Å². The number of hydrogen-bond donors (Lipinski definition) is 2. The van der Waals surface area contributed by atoms with Crippen LogP contribution in [-0.4, -0.2) is 97.3 Å². The number of alkyl halides is 1. The van der Waals surface area contributed by atoms with E-state index in [0.29, 0.717) is 50.7 Å². The number of carbonyl (C=O) groups is 3. The Labute approximate surface area is 310 Å². The van der Waals surface area contributed by atoms with E-state index in [4.69, 9.17) is 9.72 Å². The predicted octanol–water partition coefficient (Wildman–Crippen LogP) is 4.02. The Morgan fingerprint density at radius 1 is 1.04 bits per heavy atom. The normalized spacial score (nSPS) is 20.1. The van der Waals surface area contributed by atoms with Crippen LogP contribution in [0.1, 0.15) is 42.9 Å². The van der Waals surface area contributed by atoms with Crippen molar-refractivity contribution < 1.29 is 32.3 Å². The summed E-state index contributed by atoms with van der Waals surface area (Å²) in [6.45, 7) is 3.82. The molecule has 0 aliphatic carbocycles. The minimum Gasteiger partial charge on any atom is -0.381 e. The van der Waals surface area contributed by atoms with Crippen LogP contribution in [0.4, 0.5) is 18.0 Å². The van der Waals surface area contributed by atoms with Gasteiger partial charge in [0.15, 0.2) is 0 Å². The Morgan fingerprint density at radius 3 is 2.52 bits per heavy atom. The third-order valence-corrected chi connectivity index (χ3v) is 10.1. The highest BCUT2D eigenvalue weighted by molar-refractivity contribution is 6.12. The molecular weight excluding hydrogens is 703 g/mol. The first-order chi connectivity index (χ1) is 26.1. The van der Waals surface area contributed by atoms with Gasteiger partial charge in [-0.3, -0.25) is 19.2 Å². The molecule has 4 amide bonds. The highest BCUT2D eigenvalue weighted by atomic mass is 19.1. The molecule has 4 aromatic rings. The standard InChI is InChI=1S/C38H42F3N9O4/c1-24(18-48-21-29(45-46-48)22-49-34(51)9-10-35(49)52)43-38(53)50(20-27-16-42-17-32(27)41)36(26-11-13-54-14-12-26)37-44-33(30-15-28(39)7-8-31(30)40)23-47(37)19-25-5-3-2-4-6-25/h2-10,15,21,23-24,26-27,32,36,42H,11-14,16-20,22H2,1H3,(H,43,53)/t24-,27-,32-,36+/m0/s1. The summed E-state index contributed by atoms with van der Waals surface area (Å²) in [7, 11) is 0. The van der Waals surface area contributed by atoms with E-state index in [1.54, 1.807) is 24.2 Å². The highest BCUT2D eigenvalue weighted by Gasteiger charge is 2.40. The predicted molar refractivity (Wildman–Crippen MR) is 190 cm³/mol. The van der Waals surface area contributed by atoms with Gasteiger partial charge in [0, 0.05) is 75.3 Å².